The van der Waals surface area contributed by atoms with Crippen LogP contribution in [0.4, 0.5) is 4.39 Å². The number of aromatic nitrogens is 1. The molecule has 1 saturated carbocycles. The first kappa shape index (κ1) is 20.6. The maximum atomic E-state index is 13.4. The lowest BCUT2D eigenvalue weighted by molar-refractivity contribution is -0.173. The van der Waals surface area contributed by atoms with Crippen molar-refractivity contribution in [1.82, 2.24) is 9.47 Å². The number of aryl methyl sites for hydroxylation is 1. The van der Waals surface area contributed by atoms with E-state index in [0.717, 1.165) is 59.6 Å². The number of nitrogens with zero attached hydrogens (tertiary/aromatic N) is 2. The molecule has 0 unspecified atom stereocenters. The molecule has 1 saturated heterocycles. The molecule has 35 heavy (non-hydrogen) atoms. The van der Waals surface area contributed by atoms with E-state index in [9.17, 15) is 14.6 Å². The molecular weight excluding hydrogens is 443 g/mol. The number of fused-ring (bicyclic) bond motifs is 4. The summed E-state index contributed by atoms with van der Waals surface area (Å²) in [6, 6.07) is 12.1. The van der Waals surface area contributed by atoms with Crippen molar-refractivity contribution < 1.29 is 19.3 Å². The van der Waals surface area contributed by atoms with Gasteiger partial charge in [0.2, 0.25) is 0 Å². The van der Waals surface area contributed by atoms with Crippen LogP contribution in [0.15, 0.2) is 36.4 Å². The van der Waals surface area contributed by atoms with Crippen molar-refractivity contribution in [2.45, 2.75) is 68.2 Å². The second-order valence-corrected chi connectivity index (χ2v) is 11.5. The molecule has 2 aliphatic heterocycles. The maximum absolute atomic E-state index is 13.4. The number of halogens is 1. The number of para-hydroxylation sites is 1. The standard InChI is InChI=1S/C29H31FN2O3/c30-11-3-12-32-21-5-2-1-4-19(21)20-15-29(34)23-14-18-8-9-22(33)26-24(18)28(29,27(35-26)25(20)32)10-13-31(23)16-17-6-7-17/h1-2,4-5,8-9,17,23,27,33-34H,3,6-7,10-16H2/t23-,27+,28+,29-/m1/s1. The summed E-state index contributed by atoms with van der Waals surface area (Å²) in [5.41, 5.74) is 3.93. The Balaban J connectivity index is 1.41. The number of phenols is 1. The van der Waals surface area contributed by atoms with Crippen molar-refractivity contribution in [1.29, 1.82) is 0 Å². The largest absolute Gasteiger partial charge is 0.504 e. The van der Waals surface area contributed by atoms with Gasteiger partial charge in [-0.3, -0.25) is 9.29 Å². The Labute approximate surface area is 204 Å². The van der Waals surface area contributed by atoms with E-state index in [2.05, 4.69) is 21.6 Å². The highest BCUT2D eigenvalue weighted by atomic mass is 19.1. The Morgan fingerprint density at radius 1 is 1.14 bits per heavy atom. The molecule has 1 spiro atoms. The first-order valence-electron chi connectivity index (χ1n) is 13.2. The van der Waals surface area contributed by atoms with E-state index >= 15 is 0 Å². The van der Waals surface area contributed by atoms with E-state index in [-0.39, 0.29) is 18.5 Å². The SMILES string of the molecule is Oc1ccc2c3c1O[C@H]1c4c(c5ccccc5n4CCCF)C[C@@]4(O)[C@@H](C2)N(CC2CC2)CC[C@]314. The minimum atomic E-state index is -0.987. The Morgan fingerprint density at radius 3 is 2.83 bits per heavy atom. The van der Waals surface area contributed by atoms with Gasteiger partial charge < -0.3 is 19.5 Å². The Morgan fingerprint density at radius 2 is 2.00 bits per heavy atom. The summed E-state index contributed by atoms with van der Waals surface area (Å²) in [5, 5.41) is 25.0. The van der Waals surface area contributed by atoms with E-state index in [4.69, 9.17) is 4.74 Å². The lowest BCUT2D eigenvalue weighted by atomic mass is 9.49. The topological polar surface area (TPSA) is 57.9 Å². The summed E-state index contributed by atoms with van der Waals surface area (Å²) in [6.07, 6.45) is 4.77. The van der Waals surface area contributed by atoms with Crippen LogP contribution in [-0.4, -0.2) is 51.1 Å². The van der Waals surface area contributed by atoms with Gasteiger partial charge in [0, 0.05) is 42.0 Å². The van der Waals surface area contributed by atoms with Crippen LogP contribution in [0, 0.1) is 5.92 Å². The quantitative estimate of drug-likeness (QED) is 0.575. The number of hydrogen-bond acceptors (Lipinski definition) is 4. The number of phenolic OH excluding ortho intramolecular Hbond substituents is 1. The maximum Gasteiger partial charge on any atom is 0.166 e. The molecule has 6 heteroatoms. The molecule has 1 aromatic heterocycles. The number of ether oxygens (including phenoxy) is 1. The van der Waals surface area contributed by atoms with E-state index in [1.165, 1.54) is 18.4 Å². The highest BCUT2D eigenvalue weighted by molar-refractivity contribution is 5.87. The van der Waals surface area contributed by atoms with Crippen molar-refractivity contribution in [3.8, 4) is 11.5 Å². The molecule has 182 valence electrons. The average Bonchev–Trinajstić information content (AvgIpc) is 3.53. The second-order valence-electron chi connectivity index (χ2n) is 11.5. The van der Waals surface area contributed by atoms with Crippen molar-refractivity contribution in [3.05, 3.63) is 58.8 Å². The van der Waals surface area contributed by atoms with Gasteiger partial charge in [0.1, 0.15) is 0 Å². The van der Waals surface area contributed by atoms with Gasteiger partial charge in [-0.1, -0.05) is 24.3 Å². The Kier molecular flexibility index (Phi) is 4.00. The van der Waals surface area contributed by atoms with Crippen LogP contribution in [0.3, 0.4) is 0 Å². The summed E-state index contributed by atoms with van der Waals surface area (Å²) in [4.78, 5) is 2.56. The number of piperidine rings is 1. The van der Waals surface area contributed by atoms with Gasteiger partial charge in [-0.25, -0.2) is 0 Å². The molecule has 3 aromatic rings. The molecule has 0 radical (unpaired) electrons. The predicted octanol–water partition coefficient (Wildman–Crippen LogP) is 4.41. The van der Waals surface area contributed by atoms with Crippen LogP contribution in [0.25, 0.3) is 10.9 Å². The van der Waals surface area contributed by atoms with Crippen molar-refractivity contribution >= 4 is 10.9 Å². The molecule has 2 bridgehead atoms. The molecule has 8 rings (SSSR count). The lowest BCUT2D eigenvalue weighted by Gasteiger charge is -2.63. The molecule has 0 amide bonds. The van der Waals surface area contributed by atoms with Crippen LogP contribution in [0.5, 0.6) is 11.5 Å². The van der Waals surface area contributed by atoms with Crippen molar-refractivity contribution in [3.63, 3.8) is 0 Å². The summed E-state index contributed by atoms with van der Waals surface area (Å²) in [7, 11) is 0. The van der Waals surface area contributed by atoms with Crippen LogP contribution in [-0.2, 0) is 24.8 Å². The summed E-state index contributed by atoms with van der Waals surface area (Å²) in [6.45, 7) is 2.19. The molecule has 5 aliphatic rings. The van der Waals surface area contributed by atoms with Gasteiger partial charge in [0.05, 0.1) is 23.4 Å². The van der Waals surface area contributed by atoms with Crippen molar-refractivity contribution in [2.75, 3.05) is 19.8 Å². The van der Waals surface area contributed by atoms with Crippen LogP contribution in [0.1, 0.15) is 54.2 Å². The second kappa shape index (κ2) is 6.80. The number of aromatic hydroxyl groups is 1. The Bertz CT molecular complexity index is 1380. The summed E-state index contributed by atoms with van der Waals surface area (Å²) < 4.78 is 22.3. The van der Waals surface area contributed by atoms with E-state index in [0.29, 0.717) is 25.1 Å². The number of likely N-dealkylation sites (tertiary alicyclic amines) is 1. The minimum Gasteiger partial charge on any atom is -0.504 e. The lowest BCUT2D eigenvalue weighted by Crippen LogP contribution is -2.74. The molecular formula is C29H31FN2O3. The van der Waals surface area contributed by atoms with Gasteiger partial charge in [-0.2, -0.15) is 0 Å². The normalized spacial score (nSPS) is 32.4. The van der Waals surface area contributed by atoms with Gasteiger partial charge >= 0.3 is 0 Å². The molecule has 5 nitrogen and oxygen atoms in total. The smallest absolute Gasteiger partial charge is 0.166 e. The summed E-state index contributed by atoms with van der Waals surface area (Å²) in [5.74, 6) is 1.46. The van der Waals surface area contributed by atoms with Crippen LogP contribution in [0.2, 0.25) is 0 Å². The van der Waals surface area contributed by atoms with Crippen molar-refractivity contribution in [2.24, 2.45) is 5.92 Å². The zero-order valence-electron chi connectivity index (χ0n) is 19.8. The fourth-order valence-electron chi connectivity index (χ4n) is 8.26. The van der Waals surface area contributed by atoms with Gasteiger partial charge in [-0.15, -0.1) is 0 Å². The average molecular weight is 475 g/mol. The number of aliphatic hydroxyl groups is 1. The molecule has 2 N–H and O–H groups in total. The van der Waals surface area contributed by atoms with E-state index < -0.39 is 17.1 Å². The number of alkyl halides is 1. The summed E-state index contributed by atoms with van der Waals surface area (Å²) >= 11 is 0. The molecule has 2 fully saturated rings. The molecule has 3 heterocycles. The monoisotopic (exact) mass is 474 g/mol. The molecule has 2 aromatic carbocycles. The first-order valence-corrected chi connectivity index (χ1v) is 13.2. The predicted molar refractivity (Wildman–Crippen MR) is 131 cm³/mol. The molecule has 3 aliphatic carbocycles. The van der Waals surface area contributed by atoms with Crippen LogP contribution >= 0.6 is 0 Å². The highest BCUT2D eigenvalue weighted by Crippen LogP contribution is 2.69. The van der Waals surface area contributed by atoms with Gasteiger partial charge in [0.15, 0.2) is 17.6 Å². The fourth-order valence-corrected chi connectivity index (χ4v) is 8.26. The Hall–Kier alpha value is -2.57. The number of hydrogen-bond donors (Lipinski definition) is 2. The first-order chi connectivity index (χ1) is 17.1. The van der Waals surface area contributed by atoms with Crippen LogP contribution < -0.4 is 4.74 Å². The minimum absolute atomic E-state index is 0.0204. The zero-order chi connectivity index (χ0) is 23.5. The highest BCUT2D eigenvalue weighted by Gasteiger charge is 2.73. The number of rotatable bonds is 5. The van der Waals surface area contributed by atoms with Gasteiger partial charge in [0.25, 0.3) is 0 Å². The van der Waals surface area contributed by atoms with Gasteiger partial charge in [-0.05, 0) is 67.8 Å². The van der Waals surface area contributed by atoms with E-state index in [1.807, 2.05) is 18.2 Å². The van der Waals surface area contributed by atoms with E-state index in [1.54, 1.807) is 6.07 Å². The third-order valence-electron chi connectivity index (χ3n) is 9.84. The number of benzene rings is 2. The fraction of sp³-hybridized carbons (Fsp3) is 0.517. The third kappa shape index (κ3) is 2.40. The third-order valence-corrected chi connectivity index (χ3v) is 9.84. The molecule has 4 atom stereocenters. The zero-order valence-corrected chi connectivity index (χ0v) is 19.8.